The lowest BCUT2D eigenvalue weighted by Crippen LogP contribution is -2.46. The van der Waals surface area contributed by atoms with Gasteiger partial charge in [-0.2, -0.15) is 11.8 Å². The van der Waals surface area contributed by atoms with E-state index >= 15 is 0 Å². The second kappa shape index (κ2) is 9.84. The highest BCUT2D eigenvalue weighted by molar-refractivity contribution is 7.98. The maximum Gasteiger partial charge on any atom is 0.255 e. The monoisotopic (exact) mass is 430 g/mol. The summed E-state index contributed by atoms with van der Waals surface area (Å²) in [6.45, 7) is 2.53. The molecule has 3 aromatic rings. The van der Waals surface area contributed by atoms with E-state index in [0.717, 1.165) is 29.0 Å². The molecule has 1 aliphatic heterocycles. The summed E-state index contributed by atoms with van der Waals surface area (Å²) in [5, 5.41) is 3.09. The number of carbonyl (C=O) groups is 2. The van der Waals surface area contributed by atoms with Gasteiger partial charge < -0.3 is 10.2 Å². The molecule has 0 bridgehead atoms. The zero-order chi connectivity index (χ0) is 21.6. The first-order valence-electron chi connectivity index (χ1n) is 10.6. The summed E-state index contributed by atoms with van der Waals surface area (Å²) in [4.78, 5) is 28.2. The van der Waals surface area contributed by atoms with E-state index < -0.39 is 6.04 Å². The van der Waals surface area contributed by atoms with Crippen LogP contribution in [0, 0.1) is 0 Å². The smallest absolute Gasteiger partial charge is 0.255 e. The molecule has 0 unspecified atom stereocenters. The highest BCUT2D eigenvalue weighted by Gasteiger charge is 2.36. The quantitative estimate of drug-likeness (QED) is 0.538. The summed E-state index contributed by atoms with van der Waals surface area (Å²) in [7, 11) is 0. The molecule has 4 nitrogen and oxygen atoms in total. The van der Waals surface area contributed by atoms with Crippen LogP contribution in [0.4, 0.5) is 5.69 Å². The van der Waals surface area contributed by atoms with Crippen LogP contribution in [0.2, 0.25) is 0 Å². The number of hydrogen-bond donors (Lipinski definition) is 1. The summed E-state index contributed by atoms with van der Waals surface area (Å²) < 4.78 is 0. The Bertz CT molecular complexity index is 1070. The largest absolute Gasteiger partial charge is 0.324 e. The molecular formula is C26H26N2O2S. The van der Waals surface area contributed by atoms with Crippen molar-refractivity contribution in [1.82, 2.24) is 4.90 Å². The number of benzene rings is 3. The van der Waals surface area contributed by atoms with E-state index in [1.165, 1.54) is 5.56 Å². The molecule has 2 amide bonds. The Hall–Kier alpha value is -3.05. The third kappa shape index (κ3) is 4.83. The van der Waals surface area contributed by atoms with Gasteiger partial charge >= 0.3 is 0 Å². The van der Waals surface area contributed by atoms with Crippen LogP contribution in [0.5, 0.6) is 0 Å². The Morgan fingerprint density at radius 2 is 1.71 bits per heavy atom. The Morgan fingerprint density at radius 1 is 1.00 bits per heavy atom. The Balaban J connectivity index is 1.53. The molecule has 3 aromatic carbocycles. The van der Waals surface area contributed by atoms with E-state index in [1.54, 1.807) is 16.7 Å². The molecule has 1 heterocycles. The average molecular weight is 431 g/mol. The van der Waals surface area contributed by atoms with Gasteiger partial charge in [0.15, 0.2) is 0 Å². The standard InChI is InChI=1S/C26H26N2O2S/c1-2-20-12-7-9-15-23(20)27-25(29)24(18-31-17-19-10-4-3-5-11-19)28-16-21-13-6-8-14-22(21)26(28)30/h3-15,24H,2,16-18H2,1H3,(H,27,29)/t24-/m0/s1. The third-order valence-electron chi connectivity index (χ3n) is 5.57. The van der Waals surface area contributed by atoms with E-state index in [4.69, 9.17) is 0 Å². The summed E-state index contributed by atoms with van der Waals surface area (Å²) in [6, 6.07) is 25.1. The van der Waals surface area contributed by atoms with Crippen molar-refractivity contribution in [1.29, 1.82) is 0 Å². The molecule has 0 aromatic heterocycles. The minimum Gasteiger partial charge on any atom is -0.324 e. The molecule has 0 saturated carbocycles. The van der Waals surface area contributed by atoms with E-state index in [-0.39, 0.29) is 11.8 Å². The van der Waals surface area contributed by atoms with Gasteiger partial charge in [0.1, 0.15) is 6.04 Å². The van der Waals surface area contributed by atoms with Gasteiger partial charge in [-0.25, -0.2) is 0 Å². The Labute approximate surface area is 187 Å². The van der Waals surface area contributed by atoms with Gasteiger partial charge in [-0.1, -0.05) is 73.7 Å². The van der Waals surface area contributed by atoms with Crippen molar-refractivity contribution in [3.63, 3.8) is 0 Å². The summed E-state index contributed by atoms with van der Waals surface area (Å²) in [5.41, 5.74) is 4.79. The van der Waals surface area contributed by atoms with Gasteiger partial charge in [0.2, 0.25) is 5.91 Å². The lowest BCUT2D eigenvalue weighted by Gasteiger charge is -2.27. The number of thioether (sulfide) groups is 1. The van der Waals surface area contributed by atoms with Crippen LogP contribution < -0.4 is 5.32 Å². The van der Waals surface area contributed by atoms with Gasteiger partial charge in [-0.05, 0) is 35.2 Å². The molecule has 0 fully saturated rings. The topological polar surface area (TPSA) is 49.4 Å². The fourth-order valence-electron chi connectivity index (χ4n) is 3.87. The van der Waals surface area contributed by atoms with E-state index in [0.29, 0.717) is 17.9 Å². The number of anilines is 1. The predicted molar refractivity (Wildman–Crippen MR) is 127 cm³/mol. The number of hydrogen-bond acceptors (Lipinski definition) is 3. The molecular weight excluding hydrogens is 404 g/mol. The normalized spacial score (nSPS) is 13.7. The van der Waals surface area contributed by atoms with Crippen LogP contribution >= 0.6 is 11.8 Å². The molecule has 0 aliphatic carbocycles. The van der Waals surface area contributed by atoms with Crippen LogP contribution in [0.15, 0.2) is 78.9 Å². The van der Waals surface area contributed by atoms with Crippen LogP contribution in [0.3, 0.4) is 0 Å². The number of amides is 2. The van der Waals surface area contributed by atoms with E-state index in [1.807, 2.05) is 66.7 Å². The van der Waals surface area contributed by atoms with Crippen LogP contribution in [0.25, 0.3) is 0 Å². The molecule has 0 spiro atoms. The minimum absolute atomic E-state index is 0.0696. The molecule has 1 atom stereocenters. The number of nitrogens with zero attached hydrogens (tertiary/aromatic N) is 1. The maximum absolute atomic E-state index is 13.4. The predicted octanol–water partition coefficient (Wildman–Crippen LogP) is 5.15. The molecule has 31 heavy (non-hydrogen) atoms. The first kappa shape index (κ1) is 21.2. The number of carbonyl (C=O) groups excluding carboxylic acids is 2. The number of para-hydroxylation sites is 1. The SMILES string of the molecule is CCc1ccccc1NC(=O)[C@H](CSCc1ccccc1)N1Cc2ccccc2C1=O. The second-order valence-corrected chi connectivity index (χ2v) is 8.64. The lowest BCUT2D eigenvalue weighted by molar-refractivity contribution is -0.119. The first-order valence-corrected chi connectivity index (χ1v) is 11.7. The van der Waals surface area contributed by atoms with Gasteiger partial charge in [-0.3, -0.25) is 9.59 Å². The van der Waals surface area contributed by atoms with Crippen LogP contribution in [-0.4, -0.2) is 28.5 Å². The van der Waals surface area contributed by atoms with Crippen molar-refractivity contribution in [3.05, 3.63) is 101 Å². The van der Waals surface area contributed by atoms with Gasteiger partial charge in [-0.15, -0.1) is 0 Å². The number of rotatable bonds is 8. The molecule has 158 valence electrons. The highest BCUT2D eigenvalue weighted by Crippen LogP contribution is 2.27. The molecule has 0 radical (unpaired) electrons. The summed E-state index contributed by atoms with van der Waals surface area (Å²) in [6.07, 6.45) is 0.831. The molecule has 1 N–H and O–H groups in total. The van der Waals surface area contributed by atoms with E-state index in [9.17, 15) is 9.59 Å². The van der Waals surface area contributed by atoms with Gasteiger partial charge in [0.25, 0.3) is 5.91 Å². The Morgan fingerprint density at radius 3 is 2.48 bits per heavy atom. The average Bonchev–Trinajstić information content (AvgIpc) is 3.14. The van der Waals surface area contributed by atoms with Gasteiger partial charge in [0, 0.05) is 29.3 Å². The number of nitrogens with one attached hydrogen (secondary N) is 1. The molecule has 4 rings (SSSR count). The zero-order valence-corrected chi connectivity index (χ0v) is 18.4. The zero-order valence-electron chi connectivity index (χ0n) is 17.6. The number of fused-ring (bicyclic) bond motifs is 1. The molecule has 1 aliphatic rings. The van der Waals surface area contributed by atoms with Crippen molar-refractivity contribution in [2.45, 2.75) is 31.7 Å². The molecule has 5 heteroatoms. The summed E-state index contributed by atoms with van der Waals surface area (Å²) >= 11 is 1.68. The lowest BCUT2D eigenvalue weighted by atomic mass is 10.1. The van der Waals surface area contributed by atoms with Crippen molar-refractivity contribution in [2.24, 2.45) is 0 Å². The Kier molecular flexibility index (Phi) is 6.73. The first-order chi connectivity index (χ1) is 15.2. The van der Waals surface area contributed by atoms with Crippen LogP contribution in [-0.2, 0) is 23.5 Å². The van der Waals surface area contributed by atoms with Crippen molar-refractivity contribution in [2.75, 3.05) is 11.1 Å². The second-order valence-electron chi connectivity index (χ2n) is 7.61. The van der Waals surface area contributed by atoms with Gasteiger partial charge in [0.05, 0.1) is 0 Å². The molecule has 0 saturated heterocycles. The summed E-state index contributed by atoms with van der Waals surface area (Å²) in [5.74, 6) is 1.13. The van der Waals surface area contributed by atoms with Crippen LogP contribution in [0.1, 0.15) is 34.0 Å². The minimum atomic E-state index is -0.543. The fourth-order valence-corrected chi connectivity index (χ4v) is 4.97. The third-order valence-corrected chi connectivity index (χ3v) is 6.66. The maximum atomic E-state index is 13.4. The van der Waals surface area contributed by atoms with Crippen molar-refractivity contribution < 1.29 is 9.59 Å². The number of aryl methyl sites for hydroxylation is 1. The highest BCUT2D eigenvalue weighted by atomic mass is 32.2. The van der Waals surface area contributed by atoms with Crippen molar-refractivity contribution in [3.8, 4) is 0 Å². The van der Waals surface area contributed by atoms with E-state index in [2.05, 4.69) is 24.4 Å². The fraction of sp³-hybridized carbons (Fsp3) is 0.231. The van der Waals surface area contributed by atoms with Crippen molar-refractivity contribution >= 4 is 29.3 Å².